The first kappa shape index (κ1) is 16.3. The molecule has 0 aliphatic carbocycles. The molecule has 0 heterocycles. The van der Waals surface area contributed by atoms with Crippen molar-refractivity contribution in [2.45, 2.75) is 51.9 Å². The van der Waals surface area contributed by atoms with Crippen molar-refractivity contribution in [3.8, 4) is 5.75 Å². The fourth-order valence-electron chi connectivity index (χ4n) is 2.05. The molecule has 4 heteroatoms. The topological polar surface area (TPSA) is 72.5 Å². The van der Waals surface area contributed by atoms with E-state index in [1.807, 2.05) is 0 Å². The predicted octanol–water partition coefficient (Wildman–Crippen LogP) is 4.10. The summed E-state index contributed by atoms with van der Waals surface area (Å²) in [5, 5.41) is 8.84. The number of carboxylic acids is 1. The molecule has 1 aromatic carbocycles. The van der Waals surface area contributed by atoms with E-state index in [2.05, 4.69) is 6.92 Å². The van der Waals surface area contributed by atoms with Crippen molar-refractivity contribution in [1.29, 1.82) is 0 Å². The number of anilines is 1. The lowest BCUT2D eigenvalue weighted by Crippen LogP contribution is -2.03. The average Bonchev–Trinajstić information content (AvgIpc) is 2.43. The highest BCUT2D eigenvalue weighted by atomic mass is 16.5. The number of unbranched alkanes of at least 4 members (excludes halogenated alkanes) is 6. The maximum absolute atomic E-state index is 10.8. The Morgan fingerprint density at radius 1 is 1.15 bits per heavy atom. The van der Waals surface area contributed by atoms with Gasteiger partial charge in [0, 0.05) is 0 Å². The molecule has 0 unspecified atom stereocenters. The van der Waals surface area contributed by atoms with Crippen LogP contribution in [0.3, 0.4) is 0 Å². The molecule has 0 aromatic heterocycles. The van der Waals surface area contributed by atoms with Crippen LogP contribution in [0, 0.1) is 0 Å². The van der Waals surface area contributed by atoms with Gasteiger partial charge in [0.15, 0.2) is 0 Å². The van der Waals surface area contributed by atoms with Gasteiger partial charge in [-0.1, -0.05) is 45.4 Å². The Labute approximate surface area is 120 Å². The number of hydrogen-bond acceptors (Lipinski definition) is 3. The molecule has 0 bridgehead atoms. The highest BCUT2D eigenvalue weighted by molar-refractivity contribution is 5.89. The summed E-state index contributed by atoms with van der Waals surface area (Å²) in [5.41, 5.74) is 6.33. The number of carbonyl (C=O) groups is 1. The molecule has 20 heavy (non-hydrogen) atoms. The average molecular weight is 279 g/mol. The summed E-state index contributed by atoms with van der Waals surface area (Å²) >= 11 is 0. The van der Waals surface area contributed by atoms with E-state index in [9.17, 15) is 4.79 Å². The third kappa shape index (κ3) is 5.95. The van der Waals surface area contributed by atoms with Crippen molar-refractivity contribution in [2.75, 3.05) is 12.3 Å². The molecule has 1 rings (SSSR count). The van der Waals surface area contributed by atoms with Gasteiger partial charge in [0.25, 0.3) is 0 Å². The van der Waals surface area contributed by atoms with Gasteiger partial charge in [-0.2, -0.15) is 0 Å². The van der Waals surface area contributed by atoms with Crippen LogP contribution in [0.15, 0.2) is 18.2 Å². The number of hydrogen-bond donors (Lipinski definition) is 2. The van der Waals surface area contributed by atoms with Crippen molar-refractivity contribution in [3.05, 3.63) is 23.8 Å². The van der Waals surface area contributed by atoms with Gasteiger partial charge in [-0.15, -0.1) is 0 Å². The minimum Gasteiger partial charge on any atom is -0.491 e. The molecule has 4 nitrogen and oxygen atoms in total. The van der Waals surface area contributed by atoms with Crippen LogP contribution in [0.4, 0.5) is 5.69 Å². The van der Waals surface area contributed by atoms with E-state index in [0.29, 0.717) is 18.0 Å². The normalized spacial score (nSPS) is 10.4. The molecule has 0 amide bonds. The summed E-state index contributed by atoms with van der Waals surface area (Å²) in [7, 11) is 0. The Morgan fingerprint density at radius 2 is 1.80 bits per heavy atom. The van der Waals surface area contributed by atoms with Crippen LogP contribution in [-0.4, -0.2) is 17.7 Å². The van der Waals surface area contributed by atoms with E-state index in [1.54, 1.807) is 6.07 Å². The maximum atomic E-state index is 10.8. The van der Waals surface area contributed by atoms with Gasteiger partial charge in [-0.05, 0) is 24.6 Å². The SMILES string of the molecule is CCCCCCCCCOc1ccc(C(=O)O)cc1N. The van der Waals surface area contributed by atoms with Crippen molar-refractivity contribution in [3.63, 3.8) is 0 Å². The van der Waals surface area contributed by atoms with Gasteiger partial charge in [-0.25, -0.2) is 4.79 Å². The van der Waals surface area contributed by atoms with Gasteiger partial charge >= 0.3 is 5.97 Å². The van der Waals surface area contributed by atoms with Crippen LogP contribution >= 0.6 is 0 Å². The van der Waals surface area contributed by atoms with Crippen LogP contribution in [0.2, 0.25) is 0 Å². The van der Waals surface area contributed by atoms with Gasteiger partial charge in [0.1, 0.15) is 5.75 Å². The van der Waals surface area contributed by atoms with E-state index in [4.69, 9.17) is 15.6 Å². The monoisotopic (exact) mass is 279 g/mol. The van der Waals surface area contributed by atoms with E-state index in [1.165, 1.54) is 44.2 Å². The van der Waals surface area contributed by atoms with Gasteiger partial charge < -0.3 is 15.6 Å². The summed E-state index contributed by atoms with van der Waals surface area (Å²) in [5.74, 6) is -0.406. The van der Waals surface area contributed by atoms with Gasteiger partial charge in [0.05, 0.1) is 17.9 Å². The summed E-state index contributed by atoms with van der Waals surface area (Å²) < 4.78 is 5.58. The minimum atomic E-state index is -0.977. The highest BCUT2D eigenvalue weighted by Crippen LogP contribution is 2.23. The maximum Gasteiger partial charge on any atom is 0.335 e. The Bertz CT molecular complexity index is 418. The van der Waals surface area contributed by atoms with Crippen LogP contribution in [0.1, 0.15) is 62.2 Å². The summed E-state index contributed by atoms with van der Waals surface area (Å²) in [6.45, 7) is 2.85. The van der Waals surface area contributed by atoms with E-state index >= 15 is 0 Å². The van der Waals surface area contributed by atoms with E-state index in [-0.39, 0.29) is 5.56 Å². The van der Waals surface area contributed by atoms with Crippen LogP contribution in [-0.2, 0) is 0 Å². The van der Waals surface area contributed by atoms with Crippen molar-refractivity contribution >= 4 is 11.7 Å². The molecule has 0 atom stereocenters. The number of benzene rings is 1. The molecule has 112 valence electrons. The lowest BCUT2D eigenvalue weighted by atomic mass is 10.1. The number of nitrogens with two attached hydrogens (primary N) is 1. The van der Waals surface area contributed by atoms with E-state index in [0.717, 1.165) is 12.8 Å². The largest absolute Gasteiger partial charge is 0.491 e. The van der Waals surface area contributed by atoms with E-state index < -0.39 is 5.97 Å². The number of nitrogen functional groups attached to an aromatic ring is 1. The first-order chi connectivity index (χ1) is 9.65. The second kappa shape index (κ2) is 9.23. The smallest absolute Gasteiger partial charge is 0.335 e. The van der Waals surface area contributed by atoms with Crippen LogP contribution < -0.4 is 10.5 Å². The van der Waals surface area contributed by atoms with Crippen molar-refractivity contribution < 1.29 is 14.6 Å². The molecule has 0 saturated heterocycles. The van der Waals surface area contributed by atoms with Crippen molar-refractivity contribution in [1.82, 2.24) is 0 Å². The van der Waals surface area contributed by atoms with Gasteiger partial charge in [0.2, 0.25) is 0 Å². The van der Waals surface area contributed by atoms with Crippen LogP contribution in [0.5, 0.6) is 5.75 Å². The standard InChI is InChI=1S/C16H25NO3/c1-2-3-4-5-6-7-8-11-20-15-10-9-13(16(18)19)12-14(15)17/h9-10,12H,2-8,11,17H2,1H3,(H,18,19). The lowest BCUT2D eigenvalue weighted by Gasteiger charge is -2.09. The first-order valence-corrected chi connectivity index (χ1v) is 7.40. The number of ether oxygens (including phenoxy) is 1. The zero-order valence-corrected chi connectivity index (χ0v) is 12.2. The number of aromatic carboxylic acids is 1. The zero-order chi connectivity index (χ0) is 14.8. The Morgan fingerprint density at radius 3 is 2.40 bits per heavy atom. The molecule has 0 saturated carbocycles. The molecular weight excluding hydrogens is 254 g/mol. The Hall–Kier alpha value is -1.71. The molecule has 0 aliphatic rings. The molecule has 0 fully saturated rings. The second-order valence-electron chi connectivity index (χ2n) is 5.03. The molecule has 3 N–H and O–H groups in total. The third-order valence-electron chi connectivity index (χ3n) is 3.26. The highest BCUT2D eigenvalue weighted by Gasteiger charge is 2.06. The summed E-state index contributed by atoms with van der Waals surface area (Å²) in [6, 6.07) is 4.57. The molecule has 0 spiro atoms. The summed E-state index contributed by atoms with van der Waals surface area (Å²) in [4.78, 5) is 10.8. The zero-order valence-electron chi connectivity index (χ0n) is 12.2. The third-order valence-corrected chi connectivity index (χ3v) is 3.26. The quantitative estimate of drug-likeness (QED) is 0.499. The fourth-order valence-corrected chi connectivity index (χ4v) is 2.05. The number of rotatable bonds is 10. The Kier molecular flexibility index (Phi) is 7.55. The summed E-state index contributed by atoms with van der Waals surface area (Å²) in [6.07, 6.45) is 8.63. The number of carboxylic acid groups (broad SMARTS) is 1. The molecule has 0 radical (unpaired) electrons. The Balaban J connectivity index is 2.20. The predicted molar refractivity (Wildman–Crippen MR) is 81.3 cm³/mol. The van der Waals surface area contributed by atoms with Gasteiger partial charge in [-0.3, -0.25) is 0 Å². The van der Waals surface area contributed by atoms with Crippen LogP contribution in [0.25, 0.3) is 0 Å². The molecular formula is C16H25NO3. The second-order valence-corrected chi connectivity index (χ2v) is 5.03. The molecule has 1 aromatic rings. The minimum absolute atomic E-state index is 0.186. The first-order valence-electron chi connectivity index (χ1n) is 7.40. The molecule has 0 aliphatic heterocycles. The van der Waals surface area contributed by atoms with Crippen molar-refractivity contribution in [2.24, 2.45) is 0 Å². The fraction of sp³-hybridized carbons (Fsp3) is 0.562. The lowest BCUT2D eigenvalue weighted by molar-refractivity contribution is 0.0697.